The molecule has 2 aromatic rings. The zero-order valence-electron chi connectivity index (χ0n) is 15.7. The number of esters is 1. The Kier molecular flexibility index (Phi) is 4.42. The second kappa shape index (κ2) is 6.74. The number of pyridine rings is 1. The van der Waals surface area contributed by atoms with Crippen LogP contribution in [0.2, 0.25) is 0 Å². The first-order valence-corrected chi connectivity index (χ1v) is 9.54. The van der Waals surface area contributed by atoms with E-state index in [0.717, 1.165) is 47.7 Å². The monoisotopic (exact) mass is 354 g/mol. The Morgan fingerprint density at radius 2 is 2.04 bits per heavy atom. The minimum atomic E-state index is -0.314. The van der Waals surface area contributed by atoms with Crippen molar-refractivity contribution in [3.05, 3.63) is 40.8 Å². The van der Waals surface area contributed by atoms with E-state index in [4.69, 9.17) is 9.72 Å². The molecule has 0 radical (unpaired) electrons. The number of fused-ring (bicyclic) bond motifs is 1. The molecule has 1 saturated heterocycles. The molecule has 3 heterocycles. The van der Waals surface area contributed by atoms with Gasteiger partial charge in [0, 0.05) is 31.7 Å². The molecular formula is C20H26N4O2. The largest absolute Gasteiger partial charge is 0.461 e. The van der Waals surface area contributed by atoms with Gasteiger partial charge >= 0.3 is 5.97 Å². The van der Waals surface area contributed by atoms with E-state index in [2.05, 4.69) is 29.1 Å². The number of ether oxygens (including phenoxy) is 1. The second-order valence-corrected chi connectivity index (χ2v) is 7.31. The first-order chi connectivity index (χ1) is 12.6. The molecule has 2 unspecified atom stereocenters. The molecule has 138 valence electrons. The van der Waals surface area contributed by atoms with Gasteiger partial charge in [0.05, 0.1) is 12.3 Å². The molecule has 1 aliphatic carbocycles. The highest BCUT2D eigenvalue weighted by molar-refractivity contribution is 5.87. The van der Waals surface area contributed by atoms with Gasteiger partial charge in [-0.3, -0.25) is 4.68 Å². The van der Waals surface area contributed by atoms with E-state index < -0.39 is 0 Å². The maximum atomic E-state index is 12.1. The highest BCUT2D eigenvalue weighted by atomic mass is 16.5. The highest BCUT2D eigenvalue weighted by Crippen LogP contribution is 2.45. The molecule has 2 fully saturated rings. The van der Waals surface area contributed by atoms with Crippen LogP contribution in [0.25, 0.3) is 0 Å². The van der Waals surface area contributed by atoms with Crippen molar-refractivity contribution >= 4 is 11.8 Å². The molecule has 6 heteroatoms. The standard InChI is InChI=1S/C20H26N4O2/c1-4-24-18(20(25)26-5-2)10-17(22-24)9-14-6-7-19(21-13(14)3)23-11-15-8-16(15)12-23/h6-7,10,15-16H,4-5,8-9,11-12H2,1-3H3. The van der Waals surface area contributed by atoms with Gasteiger partial charge in [-0.2, -0.15) is 5.10 Å². The summed E-state index contributed by atoms with van der Waals surface area (Å²) in [7, 11) is 0. The Morgan fingerprint density at radius 1 is 1.27 bits per heavy atom. The van der Waals surface area contributed by atoms with Crippen LogP contribution in [0.3, 0.4) is 0 Å². The number of carbonyl (C=O) groups is 1. The molecule has 0 bridgehead atoms. The van der Waals surface area contributed by atoms with Gasteiger partial charge in [-0.25, -0.2) is 9.78 Å². The second-order valence-electron chi connectivity index (χ2n) is 7.31. The molecule has 26 heavy (non-hydrogen) atoms. The van der Waals surface area contributed by atoms with Gasteiger partial charge in [0.1, 0.15) is 11.5 Å². The van der Waals surface area contributed by atoms with Gasteiger partial charge in [0.15, 0.2) is 0 Å². The van der Waals surface area contributed by atoms with Crippen LogP contribution in [0.4, 0.5) is 5.82 Å². The molecule has 2 aromatic heterocycles. The molecule has 2 aliphatic rings. The van der Waals surface area contributed by atoms with Crippen molar-refractivity contribution in [1.29, 1.82) is 0 Å². The number of hydrogen-bond acceptors (Lipinski definition) is 5. The average molecular weight is 354 g/mol. The molecule has 1 aliphatic heterocycles. The summed E-state index contributed by atoms with van der Waals surface area (Å²) in [5.74, 6) is 2.57. The van der Waals surface area contributed by atoms with Crippen LogP contribution in [0.5, 0.6) is 0 Å². The predicted octanol–water partition coefficient (Wildman–Crippen LogP) is 2.83. The van der Waals surface area contributed by atoms with Gasteiger partial charge in [-0.1, -0.05) is 6.07 Å². The Bertz CT molecular complexity index is 819. The summed E-state index contributed by atoms with van der Waals surface area (Å²) >= 11 is 0. The van der Waals surface area contributed by atoms with Gasteiger partial charge < -0.3 is 9.64 Å². The van der Waals surface area contributed by atoms with E-state index in [1.54, 1.807) is 4.68 Å². The molecule has 6 nitrogen and oxygen atoms in total. The minimum absolute atomic E-state index is 0.314. The smallest absolute Gasteiger partial charge is 0.356 e. The third-order valence-electron chi connectivity index (χ3n) is 5.47. The molecular weight excluding hydrogens is 328 g/mol. The van der Waals surface area contributed by atoms with Crippen LogP contribution in [-0.2, 0) is 17.7 Å². The number of carbonyl (C=O) groups excluding carboxylic acids is 1. The van der Waals surface area contributed by atoms with Crippen LogP contribution < -0.4 is 4.90 Å². The third kappa shape index (κ3) is 3.20. The van der Waals surface area contributed by atoms with Crippen LogP contribution in [0.15, 0.2) is 18.2 Å². The van der Waals surface area contributed by atoms with E-state index in [9.17, 15) is 4.79 Å². The summed E-state index contributed by atoms with van der Waals surface area (Å²) < 4.78 is 6.83. The maximum absolute atomic E-state index is 12.1. The molecule has 0 aromatic carbocycles. The Morgan fingerprint density at radius 3 is 2.69 bits per heavy atom. The maximum Gasteiger partial charge on any atom is 0.356 e. The zero-order chi connectivity index (χ0) is 18.3. The molecule has 1 saturated carbocycles. The summed E-state index contributed by atoms with van der Waals surface area (Å²) in [6, 6.07) is 6.11. The van der Waals surface area contributed by atoms with E-state index in [0.29, 0.717) is 25.3 Å². The van der Waals surface area contributed by atoms with Crippen molar-refractivity contribution in [3.63, 3.8) is 0 Å². The predicted molar refractivity (Wildman–Crippen MR) is 99.4 cm³/mol. The Labute approximate surface area is 154 Å². The fraction of sp³-hybridized carbons (Fsp3) is 0.550. The number of nitrogens with zero attached hydrogens (tertiary/aromatic N) is 4. The number of rotatable bonds is 6. The molecule has 2 atom stereocenters. The summed E-state index contributed by atoms with van der Waals surface area (Å²) in [6.07, 6.45) is 2.07. The van der Waals surface area contributed by atoms with Gasteiger partial charge in [-0.05, 0) is 56.7 Å². The summed E-state index contributed by atoms with van der Waals surface area (Å²) in [5.41, 5.74) is 3.57. The van der Waals surface area contributed by atoms with Gasteiger partial charge in [0.25, 0.3) is 0 Å². The summed E-state index contributed by atoms with van der Waals surface area (Å²) in [4.78, 5) is 19.3. The quantitative estimate of drug-likeness (QED) is 0.747. The molecule has 0 spiro atoms. The molecule has 0 amide bonds. The highest BCUT2D eigenvalue weighted by Gasteiger charge is 2.45. The van der Waals surface area contributed by atoms with Crippen molar-refractivity contribution in [3.8, 4) is 0 Å². The Hall–Kier alpha value is -2.37. The number of aryl methyl sites for hydroxylation is 2. The zero-order valence-corrected chi connectivity index (χ0v) is 15.7. The SMILES string of the molecule is CCOC(=O)c1cc(Cc2ccc(N3CC4CC4C3)nc2C)nn1CC. The molecule has 0 N–H and O–H groups in total. The number of piperidine rings is 1. The van der Waals surface area contributed by atoms with Crippen LogP contribution in [0, 0.1) is 18.8 Å². The van der Waals surface area contributed by atoms with Crippen molar-refractivity contribution in [2.24, 2.45) is 11.8 Å². The van der Waals surface area contributed by atoms with E-state index in [1.165, 1.54) is 6.42 Å². The van der Waals surface area contributed by atoms with E-state index in [-0.39, 0.29) is 5.97 Å². The van der Waals surface area contributed by atoms with Gasteiger partial charge in [0.2, 0.25) is 0 Å². The van der Waals surface area contributed by atoms with Crippen LogP contribution in [-0.4, -0.2) is 40.4 Å². The number of anilines is 1. The van der Waals surface area contributed by atoms with Crippen molar-refractivity contribution in [2.75, 3.05) is 24.6 Å². The number of aromatic nitrogens is 3. The Balaban J connectivity index is 1.51. The number of hydrogen-bond donors (Lipinski definition) is 0. The normalized spacial score (nSPS) is 21.0. The minimum Gasteiger partial charge on any atom is -0.461 e. The first-order valence-electron chi connectivity index (χ1n) is 9.54. The van der Waals surface area contributed by atoms with Crippen LogP contribution >= 0.6 is 0 Å². The first kappa shape index (κ1) is 17.1. The lowest BCUT2D eigenvalue weighted by molar-refractivity contribution is 0.0512. The van der Waals surface area contributed by atoms with E-state index in [1.807, 2.05) is 19.9 Å². The topological polar surface area (TPSA) is 60.2 Å². The van der Waals surface area contributed by atoms with E-state index >= 15 is 0 Å². The lowest BCUT2D eigenvalue weighted by Gasteiger charge is -2.20. The average Bonchev–Trinajstić information content (AvgIpc) is 3.05. The summed E-state index contributed by atoms with van der Waals surface area (Å²) in [6.45, 7) is 9.15. The van der Waals surface area contributed by atoms with Crippen molar-refractivity contribution < 1.29 is 9.53 Å². The van der Waals surface area contributed by atoms with Crippen LogP contribution in [0.1, 0.15) is 47.7 Å². The van der Waals surface area contributed by atoms with Gasteiger partial charge in [-0.15, -0.1) is 0 Å². The third-order valence-corrected chi connectivity index (χ3v) is 5.47. The van der Waals surface area contributed by atoms with Crippen molar-refractivity contribution in [1.82, 2.24) is 14.8 Å². The fourth-order valence-electron chi connectivity index (χ4n) is 3.89. The lowest BCUT2D eigenvalue weighted by Crippen LogP contribution is -2.23. The molecule has 4 rings (SSSR count). The lowest BCUT2D eigenvalue weighted by atomic mass is 10.1. The fourth-order valence-corrected chi connectivity index (χ4v) is 3.89. The van der Waals surface area contributed by atoms with Crippen molar-refractivity contribution in [2.45, 2.75) is 40.2 Å². The summed E-state index contributed by atoms with van der Waals surface area (Å²) in [5, 5.41) is 4.56.